The molecule has 2 aromatic rings. The van der Waals surface area contributed by atoms with Crippen molar-refractivity contribution in [1.82, 2.24) is 20.1 Å². The zero-order chi connectivity index (χ0) is 11.9. The van der Waals surface area contributed by atoms with Crippen molar-refractivity contribution >= 4 is 0 Å². The van der Waals surface area contributed by atoms with Crippen LogP contribution in [0.2, 0.25) is 0 Å². The molecule has 0 saturated carbocycles. The van der Waals surface area contributed by atoms with Gasteiger partial charge in [0.25, 0.3) is 0 Å². The zero-order valence-corrected chi connectivity index (χ0v) is 9.84. The molecule has 0 fully saturated rings. The molecule has 0 amide bonds. The lowest BCUT2D eigenvalue weighted by atomic mass is 10.2. The quantitative estimate of drug-likeness (QED) is 0.757. The van der Waals surface area contributed by atoms with Crippen LogP contribution in [0, 0.1) is 0 Å². The molecule has 0 spiro atoms. The van der Waals surface area contributed by atoms with E-state index in [0.29, 0.717) is 5.88 Å². The van der Waals surface area contributed by atoms with Crippen molar-refractivity contribution in [2.45, 2.75) is 13.1 Å². The third kappa shape index (κ3) is 3.29. The van der Waals surface area contributed by atoms with Gasteiger partial charge < -0.3 is 10.1 Å². The molecular weight excluding hydrogens is 216 g/mol. The van der Waals surface area contributed by atoms with Crippen LogP contribution in [-0.4, -0.2) is 28.4 Å². The van der Waals surface area contributed by atoms with Gasteiger partial charge in [-0.2, -0.15) is 5.10 Å². The molecule has 0 radical (unpaired) electrons. The lowest BCUT2D eigenvalue weighted by Gasteiger charge is -2.08. The molecule has 0 atom stereocenters. The molecular formula is C12H16N4O. The average molecular weight is 232 g/mol. The summed E-state index contributed by atoms with van der Waals surface area (Å²) < 4.78 is 7.08. The molecule has 5 heteroatoms. The van der Waals surface area contributed by atoms with Crippen LogP contribution in [0.4, 0.5) is 0 Å². The predicted molar refractivity (Wildman–Crippen MR) is 64.7 cm³/mol. The van der Waals surface area contributed by atoms with Crippen LogP contribution in [0.3, 0.4) is 0 Å². The molecule has 5 nitrogen and oxygen atoms in total. The van der Waals surface area contributed by atoms with Gasteiger partial charge in [-0.05, 0) is 12.1 Å². The Morgan fingerprint density at radius 1 is 1.35 bits per heavy atom. The van der Waals surface area contributed by atoms with Crippen LogP contribution in [0.15, 0.2) is 36.8 Å². The number of methoxy groups -OCH3 is 1. The Labute approximate surface area is 100 Å². The highest BCUT2D eigenvalue weighted by Gasteiger charge is 2.01. The molecule has 17 heavy (non-hydrogen) atoms. The van der Waals surface area contributed by atoms with Crippen molar-refractivity contribution in [3.05, 3.63) is 42.4 Å². The van der Waals surface area contributed by atoms with Crippen molar-refractivity contribution in [3.63, 3.8) is 0 Å². The van der Waals surface area contributed by atoms with E-state index in [0.717, 1.165) is 25.2 Å². The number of aromatic nitrogens is 3. The summed E-state index contributed by atoms with van der Waals surface area (Å²) in [5.74, 6) is 0.680. The summed E-state index contributed by atoms with van der Waals surface area (Å²) >= 11 is 0. The second kappa shape index (κ2) is 6.00. The number of hydrogen-bond acceptors (Lipinski definition) is 4. The van der Waals surface area contributed by atoms with E-state index in [-0.39, 0.29) is 0 Å². The van der Waals surface area contributed by atoms with Crippen molar-refractivity contribution in [2.75, 3.05) is 13.7 Å². The fourth-order valence-electron chi connectivity index (χ4n) is 1.59. The number of pyridine rings is 1. The third-order valence-corrected chi connectivity index (χ3v) is 2.44. The Morgan fingerprint density at radius 2 is 2.29 bits per heavy atom. The Bertz CT molecular complexity index is 442. The highest BCUT2D eigenvalue weighted by atomic mass is 16.5. The summed E-state index contributed by atoms with van der Waals surface area (Å²) in [5.41, 5.74) is 1.07. The highest BCUT2D eigenvalue weighted by Crippen LogP contribution is 2.12. The van der Waals surface area contributed by atoms with Gasteiger partial charge in [-0.3, -0.25) is 4.68 Å². The van der Waals surface area contributed by atoms with Gasteiger partial charge in [-0.1, -0.05) is 6.07 Å². The van der Waals surface area contributed by atoms with Gasteiger partial charge in [0.2, 0.25) is 5.88 Å². The maximum Gasteiger partial charge on any atom is 0.217 e. The van der Waals surface area contributed by atoms with Gasteiger partial charge in [-0.25, -0.2) is 4.98 Å². The molecule has 0 unspecified atom stereocenters. The van der Waals surface area contributed by atoms with Gasteiger partial charge in [-0.15, -0.1) is 0 Å². The van der Waals surface area contributed by atoms with E-state index in [1.807, 2.05) is 29.1 Å². The van der Waals surface area contributed by atoms with Crippen molar-refractivity contribution in [3.8, 4) is 5.88 Å². The van der Waals surface area contributed by atoms with Gasteiger partial charge in [0.1, 0.15) is 0 Å². The molecule has 0 aromatic carbocycles. The summed E-state index contributed by atoms with van der Waals surface area (Å²) in [7, 11) is 1.63. The Hall–Kier alpha value is -1.88. The summed E-state index contributed by atoms with van der Waals surface area (Å²) in [6.07, 6.45) is 5.46. The average Bonchev–Trinajstić information content (AvgIpc) is 2.88. The van der Waals surface area contributed by atoms with E-state index >= 15 is 0 Å². The third-order valence-electron chi connectivity index (χ3n) is 2.44. The molecule has 90 valence electrons. The lowest BCUT2D eigenvalue weighted by Crippen LogP contribution is -2.20. The molecule has 0 aliphatic carbocycles. The minimum Gasteiger partial charge on any atom is -0.481 e. The van der Waals surface area contributed by atoms with Gasteiger partial charge in [0, 0.05) is 37.2 Å². The maximum absolute atomic E-state index is 5.18. The SMILES string of the molecule is COc1ncccc1CNCCn1cccn1. The van der Waals surface area contributed by atoms with Gasteiger partial charge >= 0.3 is 0 Å². The van der Waals surface area contributed by atoms with E-state index in [4.69, 9.17) is 4.74 Å². The normalized spacial score (nSPS) is 10.4. The summed E-state index contributed by atoms with van der Waals surface area (Å²) in [4.78, 5) is 4.15. The predicted octanol–water partition coefficient (Wildman–Crippen LogP) is 1.08. The topological polar surface area (TPSA) is 52.0 Å². The minimum absolute atomic E-state index is 0.680. The zero-order valence-electron chi connectivity index (χ0n) is 9.84. The molecule has 0 aliphatic heterocycles. The smallest absolute Gasteiger partial charge is 0.217 e. The summed E-state index contributed by atoms with van der Waals surface area (Å²) in [5, 5.41) is 7.47. The van der Waals surface area contributed by atoms with E-state index in [9.17, 15) is 0 Å². The van der Waals surface area contributed by atoms with E-state index < -0.39 is 0 Å². The van der Waals surface area contributed by atoms with Crippen LogP contribution in [0.25, 0.3) is 0 Å². The fraction of sp³-hybridized carbons (Fsp3) is 0.333. The Balaban J connectivity index is 1.78. The monoisotopic (exact) mass is 232 g/mol. The minimum atomic E-state index is 0.680. The summed E-state index contributed by atoms with van der Waals surface area (Å²) in [6, 6.07) is 5.84. The number of rotatable bonds is 6. The molecule has 0 bridgehead atoms. The molecule has 2 aromatic heterocycles. The first-order chi connectivity index (χ1) is 8.40. The van der Waals surface area contributed by atoms with E-state index in [2.05, 4.69) is 15.4 Å². The van der Waals surface area contributed by atoms with Crippen LogP contribution in [0.5, 0.6) is 5.88 Å². The van der Waals surface area contributed by atoms with Crippen LogP contribution in [0.1, 0.15) is 5.56 Å². The van der Waals surface area contributed by atoms with Crippen molar-refractivity contribution < 1.29 is 4.74 Å². The molecule has 1 N–H and O–H groups in total. The molecule has 0 saturated heterocycles. The second-order valence-electron chi connectivity index (χ2n) is 3.62. The van der Waals surface area contributed by atoms with Crippen LogP contribution in [-0.2, 0) is 13.1 Å². The lowest BCUT2D eigenvalue weighted by molar-refractivity contribution is 0.390. The van der Waals surface area contributed by atoms with Gasteiger partial charge in [0.15, 0.2) is 0 Å². The standard InChI is InChI=1S/C12H16N4O/c1-17-12-11(4-2-5-14-12)10-13-7-9-16-8-3-6-15-16/h2-6,8,13H,7,9-10H2,1H3. The fourth-order valence-corrected chi connectivity index (χ4v) is 1.59. The second-order valence-corrected chi connectivity index (χ2v) is 3.62. The first-order valence-corrected chi connectivity index (χ1v) is 5.56. The van der Waals surface area contributed by atoms with Crippen LogP contribution < -0.4 is 10.1 Å². The first kappa shape index (κ1) is 11.6. The number of nitrogens with zero attached hydrogens (tertiary/aromatic N) is 3. The highest BCUT2D eigenvalue weighted by molar-refractivity contribution is 5.24. The number of hydrogen-bond donors (Lipinski definition) is 1. The molecule has 2 rings (SSSR count). The largest absolute Gasteiger partial charge is 0.481 e. The summed E-state index contributed by atoms with van der Waals surface area (Å²) in [6.45, 7) is 2.47. The number of ether oxygens (including phenoxy) is 1. The van der Waals surface area contributed by atoms with Gasteiger partial charge in [0.05, 0.1) is 13.7 Å². The molecule has 2 heterocycles. The Morgan fingerprint density at radius 3 is 3.06 bits per heavy atom. The van der Waals surface area contributed by atoms with Crippen molar-refractivity contribution in [2.24, 2.45) is 0 Å². The first-order valence-electron chi connectivity index (χ1n) is 5.56. The number of nitrogens with one attached hydrogen (secondary N) is 1. The maximum atomic E-state index is 5.18. The van der Waals surface area contributed by atoms with E-state index in [1.54, 1.807) is 19.5 Å². The van der Waals surface area contributed by atoms with E-state index in [1.165, 1.54) is 0 Å². The molecule has 0 aliphatic rings. The van der Waals surface area contributed by atoms with Crippen molar-refractivity contribution in [1.29, 1.82) is 0 Å². The van der Waals surface area contributed by atoms with Crippen LogP contribution >= 0.6 is 0 Å². The Kier molecular flexibility index (Phi) is 4.10.